The van der Waals surface area contributed by atoms with Crippen LogP contribution in [-0.2, 0) is 9.47 Å². The first kappa shape index (κ1) is 25.6. The Balaban J connectivity index is 1.86. The van der Waals surface area contributed by atoms with Crippen LogP contribution in [0.1, 0.15) is 90.4 Å². The second-order valence-electron chi connectivity index (χ2n) is 8.03. The van der Waals surface area contributed by atoms with Crippen molar-refractivity contribution in [3.05, 3.63) is 12.2 Å². The van der Waals surface area contributed by atoms with Crippen LogP contribution in [0.4, 0.5) is 0 Å². The minimum atomic E-state index is -0.978. The molecule has 4 atom stereocenters. The molecule has 1 heterocycles. The maximum Gasteiger partial charge on any atom is 0.114 e. The van der Waals surface area contributed by atoms with Crippen LogP contribution in [0.5, 0.6) is 0 Å². The third-order valence-electron chi connectivity index (χ3n) is 5.47. The molecule has 1 aliphatic rings. The summed E-state index contributed by atoms with van der Waals surface area (Å²) in [5.74, 6) is 0. The smallest absolute Gasteiger partial charge is 0.114 e. The van der Waals surface area contributed by atoms with E-state index in [0.29, 0.717) is 6.61 Å². The second kappa shape index (κ2) is 17.4. The number of unbranched alkanes of at least 4 members (excludes halogenated alkanes) is 11. The summed E-state index contributed by atoms with van der Waals surface area (Å²) in [7, 11) is 0. The molecule has 3 N–H and O–H groups in total. The predicted octanol–water partition coefficient (Wildman–Crippen LogP) is 4.13. The van der Waals surface area contributed by atoms with Crippen molar-refractivity contribution in [3.8, 4) is 0 Å². The Morgan fingerprint density at radius 2 is 1.46 bits per heavy atom. The van der Waals surface area contributed by atoms with Gasteiger partial charge in [-0.25, -0.2) is 0 Å². The van der Waals surface area contributed by atoms with Crippen LogP contribution in [0.15, 0.2) is 12.2 Å². The maximum absolute atomic E-state index is 9.82. The molecule has 1 rings (SSSR count). The number of rotatable bonds is 18. The monoisotopic (exact) mass is 400 g/mol. The number of hydrogen-bond donors (Lipinski definition) is 3. The van der Waals surface area contributed by atoms with Gasteiger partial charge in [0.05, 0.1) is 13.2 Å². The third kappa shape index (κ3) is 11.5. The first-order valence-corrected chi connectivity index (χ1v) is 11.6. The normalized spacial score (nSPS) is 23.6. The minimum Gasteiger partial charge on any atom is -0.394 e. The van der Waals surface area contributed by atoms with Gasteiger partial charge in [-0.15, -0.1) is 0 Å². The highest BCUT2D eigenvalue weighted by molar-refractivity contribution is 4.88. The second-order valence-corrected chi connectivity index (χ2v) is 8.03. The molecule has 28 heavy (non-hydrogen) atoms. The molecule has 0 aromatic carbocycles. The maximum atomic E-state index is 9.82. The lowest BCUT2D eigenvalue weighted by atomic mass is 10.1. The van der Waals surface area contributed by atoms with Crippen LogP contribution in [0.2, 0.25) is 0 Å². The van der Waals surface area contributed by atoms with Crippen molar-refractivity contribution in [3.63, 3.8) is 0 Å². The van der Waals surface area contributed by atoms with Crippen LogP contribution in [0.3, 0.4) is 0 Å². The quantitative estimate of drug-likeness (QED) is 0.238. The summed E-state index contributed by atoms with van der Waals surface area (Å²) in [6, 6.07) is 0. The predicted molar refractivity (Wildman–Crippen MR) is 113 cm³/mol. The van der Waals surface area contributed by atoms with Crippen molar-refractivity contribution in [2.75, 3.05) is 19.8 Å². The Bertz CT molecular complexity index is 374. The van der Waals surface area contributed by atoms with Gasteiger partial charge in [-0.05, 0) is 32.1 Å². The molecule has 5 heteroatoms. The van der Waals surface area contributed by atoms with E-state index in [4.69, 9.17) is 9.47 Å². The van der Waals surface area contributed by atoms with Gasteiger partial charge in [-0.3, -0.25) is 0 Å². The van der Waals surface area contributed by atoms with E-state index in [1.54, 1.807) is 0 Å². The van der Waals surface area contributed by atoms with Crippen LogP contribution in [0.25, 0.3) is 0 Å². The van der Waals surface area contributed by atoms with E-state index in [2.05, 4.69) is 19.1 Å². The molecule has 0 aliphatic carbocycles. The van der Waals surface area contributed by atoms with Crippen molar-refractivity contribution in [2.45, 2.75) is 115 Å². The fourth-order valence-electron chi connectivity index (χ4n) is 3.61. The largest absolute Gasteiger partial charge is 0.394 e. The summed E-state index contributed by atoms with van der Waals surface area (Å²) < 4.78 is 11.0. The number of ether oxygens (including phenoxy) is 2. The lowest BCUT2D eigenvalue weighted by molar-refractivity contribution is -0.101. The Morgan fingerprint density at radius 1 is 0.893 bits per heavy atom. The van der Waals surface area contributed by atoms with Gasteiger partial charge in [-0.2, -0.15) is 0 Å². The average molecular weight is 401 g/mol. The highest BCUT2D eigenvalue weighted by atomic mass is 16.6. The molecule has 0 unspecified atom stereocenters. The molecular formula is C23H44O5. The summed E-state index contributed by atoms with van der Waals surface area (Å²) in [6.45, 7) is 2.69. The van der Waals surface area contributed by atoms with Crippen molar-refractivity contribution >= 4 is 0 Å². The van der Waals surface area contributed by atoms with E-state index in [9.17, 15) is 15.3 Å². The summed E-state index contributed by atoms with van der Waals surface area (Å²) in [5, 5.41) is 28.7. The Kier molecular flexibility index (Phi) is 15.9. The molecule has 1 saturated heterocycles. The van der Waals surface area contributed by atoms with Crippen LogP contribution in [0, 0.1) is 0 Å². The van der Waals surface area contributed by atoms with Gasteiger partial charge in [0.15, 0.2) is 0 Å². The molecule has 0 radical (unpaired) electrons. The molecule has 5 nitrogen and oxygen atoms in total. The van der Waals surface area contributed by atoms with E-state index in [1.165, 1.54) is 70.6 Å². The van der Waals surface area contributed by atoms with E-state index in [-0.39, 0.29) is 13.2 Å². The molecule has 0 saturated carbocycles. The van der Waals surface area contributed by atoms with Gasteiger partial charge in [0.1, 0.15) is 24.4 Å². The number of aliphatic hydroxyl groups excluding tert-OH is 3. The first-order valence-electron chi connectivity index (χ1n) is 11.6. The van der Waals surface area contributed by atoms with E-state index >= 15 is 0 Å². The highest BCUT2D eigenvalue weighted by Crippen LogP contribution is 2.20. The minimum absolute atomic E-state index is 0.0982. The van der Waals surface area contributed by atoms with Gasteiger partial charge in [-0.1, -0.05) is 70.4 Å². The van der Waals surface area contributed by atoms with Gasteiger partial charge in [0.2, 0.25) is 0 Å². The molecule has 0 aromatic rings. The average Bonchev–Trinajstić information content (AvgIpc) is 3.03. The summed E-state index contributed by atoms with van der Waals surface area (Å²) in [5.41, 5.74) is 0. The Hall–Kier alpha value is -0.460. The van der Waals surface area contributed by atoms with Gasteiger partial charge >= 0.3 is 0 Å². The summed E-state index contributed by atoms with van der Waals surface area (Å²) in [4.78, 5) is 0. The van der Waals surface area contributed by atoms with Crippen LogP contribution in [-0.4, -0.2) is 59.6 Å². The van der Waals surface area contributed by atoms with Gasteiger partial charge in [0.25, 0.3) is 0 Å². The number of aliphatic hydroxyl groups is 3. The lowest BCUT2D eigenvalue weighted by Gasteiger charge is -2.24. The number of hydrogen-bond acceptors (Lipinski definition) is 5. The fourth-order valence-corrected chi connectivity index (χ4v) is 3.61. The number of allylic oxidation sites excluding steroid dienone is 2. The Morgan fingerprint density at radius 3 is 2.00 bits per heavy atom. The zero-order valence-electron chi connectivity index (χ0n) is 17.9. The van der Waals surface area contributed by atoms with E-state index < -0.39 is 24.4 Å². The first-order chi connectivity index (χ1) is 13.7. The van der Waals surface area contributed by atoms with Crippen molar-refractivity contribution < 1.29 is 24.8 Å². The van der Waals surface area contributed by atoms with E-state index in [0.717, 1.165) is 12.8 Å². The summed E-state index contributed by atoms with van der Waals surface area (Å²) >= 11 is 0. The Labute approximate surface area is 172 Å². The zero-order chi connectivity index (χ0) is 20.5. The zero-order valence-corrected chi connectivity index (χ0v) is 17.9. The van der Waals surface area contributed by atoms with Crippen molar-refractivity contribution in [2.24, 2.45) is 0 Å². The van der Waals surface area contributed by atoms with Gasteiger partial charge in [0, 0.05) is 6.61 Å². The van der Waals surface area contributed by atoms with Crippen molar-refractivity contribution in [1.29, 1.82) is 0 Å². The molecule has 1 fully saturated rings. The molecule has 0 spiro atoms. The topological polar surface area (TPSA) is 79.2 Å². The van der Waals surface area contributed by atoms with Crippen molar-refractivity contribution in [1.82, 2.24) is 0 Å². The lowest BCUT2D eigenvalue weighted by Crippen LogP contribution is -2.42. The summed E-state index contributed by atoms with van der Waals surface area (Å²) in [6.07, 6.45) is 17.9. The molecule has 0 bridgehead atoms. The SMILES string of the molecule is CCCCC/C=C/CCCCCCCCCCO[C@@H](CO)[C@H]1OC[C@@H](O)[C@H]1O. The van der Waals surface area contributed by atoms with Crippen LogP contribution >= 0.6 is 0 Å². The molecule has 166 valence electrons. The van der Waals surface area contributed by atoms with Crippen LogP contribution < -0.4 is 0 Å². The third-order valence-corrected chi connectivity index (χ3v) is 5.47. The highest BCUT2D eigenvalue weighted by Gasteiger charge is 2.40. The van der Waals surface area contributed by atoms with E-state index in [1.807, 2.05) is 0 Å². The molecule has 0 aromatic heterocycles. The fraction of sp³-hybridized carbons (Fsp3) is 0.913. The molecule has 0 amide bonds. The van der Waals surface area contributed by atoms with Gasteiger partial charge < -0.3 is 24.8 Å². The molecule has 1 aliphatic heterocycles. The molecular weight excluding hydrogens is 356 g/mol. The standard InChI is InChI=1S/C23H44O5/c1-2-3-4-5-6-7-8-9-10-11-12-13-14-15-16-17-27-21(18-24)23-22(26)20(25)19-28-23/h6-7,20-26H,2-5,8-19H2,1H3/b7-6+/t20-,21+,22-,23-/m1/s1.